The van der Waals surface area contributed by atoms with Crippen molar-refractivity contribution in [2.75, 3.05) is 13.7 Å². The number of aromatic nitrogens is 1. The minimum Gasteiger partial charge on any atom is -0.392 e. The number of benzene rings is 2. The summed E-state index contributed by atoms with van der Waals surface area (Å²) in [7, 11) is 1.99. The van der Waals surface area contributed by atoms with Crippen LogP contribution >= 0.6 is 0 Å². The summed E-state index contributed by atoms with van der Waals surface area (Å²) in [6, 6.07) is 17.1. The molecule has 3 aromatic rings. The summed E-state index contributed by atoms with van der Waals surface area (Å²) in [5.74, 6) is 0.353. The van der Waals surface area contributed by atoms with Crippen molar-refractivity contribution in [3.05, 3.63) is 118 Å². The summed E-state index contributed by atoms with van der Waals surface area (Å²) in [6.07, 6.45) is 14.3. The molecule has 1 aliphatic rings. The number of fused-ring (bicyclic) bond motifs is 3. The van der Waals surface area contributed by atoms with Crippen LogP contribution in [-0.4, -0.2) is 30.0 Å². The molecule has 1 atom stereocenters. The van der Waals surface area contributed by atoms with Gasteiger partial charge in [0.2, 0.25) is 0 Å². The maximum atomic E-state index is 9.77. The third-order valence-corrected chi connectivity index (χ3v) is 7.24. The zero-order valence-corrected chi connectivity index (χ0v) is 23.4. The molecule has 39 heavy (non-hydrogen) atoms. The lowest BCUT2D eigenvalue weighted by Gasteiger charge is -2.36. The van der Waals surface area contributed by atoms with E-state index >= 15 is 0 Å². The van der Waals surface area contributed by atoms with Gasteiger partial charge in [-0.25, -0.2) is 4.98 Å². The van der Waals surface area contributed by atoms with Gasteiger partial charge < -0.3 is 10.4 Å². The Morgan fingerprint density at radius 3 is 2.67 bits per heavy atom. The number of nitrogens with zero attached hydrogens (tertiary/aromatic N) is 3. The topological polar surface area (TPSA) is 81.3 Å². The minimum absolute atomic E-state index is 0.0182. The summed E-state index contributed by atoms with van der Waals surface area (Å²) < 4.78 is 0. The van der Waals surface area contributed by atoms with E-state index in [1.54, 1.807) is 6.08 Å². The van der Waals surface area contributed by atoms with Crippen molar-refractivity contribution in [1.82, 2.24) is 10.3 Å². The van der Waals surface area contributed by atoms with E-state index in [-0.39, 0.29) is 6.61 Å². The van der Waals surface area contributed by atoms with E-state index in [0.717, 1.165) is 45.2 Å². The van der Waals surface area contributed by atoms with Crippen LogP contribution in [0.2, 0.25) is 0 Å². The van der Waals surface area contributed by atoms with Crippen molar-refractivity contribution in [2.45, 2.75) is 39.7 Å². The number of likely N-dealkylation sites (N-methyl/N-ethyl adjacent to an activating group) is 1. The van der Waals surface area contributed by atoms with Crippen LogP contribution < -0.4 is 5.32 Å². The molecular weight excluding hydrogens is 480 g/mol. The van der Waals surface area contributed by atoms with Crippen LogP contribution in [0.15, 0.2) is 89.6 Å². The Bertz CT molecular complexity index is 1570. The highest BCUT2D eigenvalue weighted by atomic mass is 16.2. The molecule has 1 aliphatic carbocycles. The van der Waals surface area contributed by atoms with E-state index < -0.39 is 5.54 Å². The Morgan fingerprint density at radius 1 is 1.18 bits per heavy atom. The van der Waals surface area contributed by atoms with Gasteiger partial charge >= 0.3 is 0 Å². The number of aliphatic imine (C=N–C) groups is 1. The molecule has 1 unspecified atom stereocenters. The zero-order valence-electron chi connectivity index (χ0n) is 23.4. The Labute approximate surface area is 231 Å². The summed E-state index contributed by atoms with van der Waals surface area (Å²) in [6.45, 7) is 8.48. The first-order chi connectivity index (χ1) is 18.8. The van der Waals surface area contributed by atoms with E-state index in [2.05, 4.69) is 85.5 Å². The van der Waals surface area contributed by atoms with Gasteiger partial charge in [-0.3, -0.25) is 4.99 Å². The molecule has 0 spiro atoms. The lowest BCUT2D eigenvalue weighted by molar-refractivity contribution is 0.343. The number of aliphatic hydroxyl groups excluding tert-OH is 1. The summed E-state index contributed by atoms with van der Waals surface area (Å²) in [5.41, 5.74) is 8.18. The molecular formula is C34H36N4O. The third-order valence-electron chi connectivity index (χ3n) is 7.24. The molecule has 1 aromatic heterocycles. The number of rotatable bonds is 7. The smallest absolute Gasteiger partial charge is 0.141 e. The van der Waals surface area contributed by atoms with Gasteiger partial charge in [-0.05, 0) is 90.4 Å². The van der Waals surface area contributed by atoms with Crippen molar-refractivity contribution in [2.24, 2.45) is 10.9 Å². The lowest BCUT2D eigenvalue weighted by Crippen LogP contribution is -2.42. The molecule has 1 heterocycles. The second kappa shape index (κ2) is 12.2. The highest BCUT2D eigenvalue weighted by molar-refractivity contribution is 5.95. The average Bonchev–Trinajstić information content (AvgIpc) is 2.94. The number of aryl methyl sites for hydroxylation is 1. The number of nitrogens with one attached hydrogen (secondary N) is 1. The first-order valence-corrected chi connectivity index (χ1v) is 13.3. The summed E-state index contributed by atoms with van der Waals surface area (Å²) >= 11 is 0. The van der Waals surface area contributed by atoms with Crippen LogP contribution in [0, 0.1) is 24.2 Å². The number of nitriles is 1. The fourth-order valence-corrected chi connectivity index (χ4v) is 5.20. The molecule has 5 heteroatoms. The molecule has 2 N–H and O–H groups in total. The molecule has 198 valence electrons. The van der Waals surface area contributed by atoms with Gasteiger partial charge in [0.1, 0.15) is 11.8 Å². The van der Waals surface area contributed by atoms with Crippen molar-refractivity contribution in [3.8, 4) is 6.07 Å². The lowest BCUT2D eigenvalue weighted by atomic mass is 9.76. The molecule has 0 saturated carbocycles. The molecule has 0 aliphatic heterocycles. The molecule has 0 fully saturated rings. The molecule has 0 radical (unpaired) electrons. The standard InChI is InChI=1S/C34H36N4O/c1-23(2)21-37-22-25(4)34(36-5)28-13-10-24(3)27(17-28)12-11-26(9-7-6-8-16-39)31-19-30(20-35)38-33-15-14-29(34)18-32(31)33/h6-11,13-15,17-19,21-23,36,39H,12,16H2,1-5H3/b8-6?,9-7-,25-22+,26-11+,37-21?. The van der Waals surface area contributed by atoms with Crippen molar-refractivity contribution in [1.29, 1.82) is 5.26 Å². The van der Waals surface area contributed by atoms with Crippen LogP contribution in [0.1, 0.15) is 54.3 Å². The van der Waals surface area contributed by atoms with E-state index in [1.165, 1.54) is 11.1 Å². The average molecular weight is 517 g/mol. The van der Waals surface area contributed by atoms with Crippen LogP contribution in [0.3, 0.4) is 0 Å². The molecule has 0 amide bonds. The third kappa shape index (κ3) is 5.68. The maximum absolute atomic E-state index is 9.77. The SMILES string of the molecule is CNC1(/C(C)=C/N=CC(C)C)c2ccc(C)c(c2)C/C=C(\C=C/C=CCO)c2cc(C#N)nc3ccc1cc23. The quantitative estimate of drug-likeness (QED) is 0.275. The van der Waals surface area contributed by atoms with Gasteiger partial charge in [-0.15, -0.1) is 0 Å². The number of hydrogen-bond donors (Lipinski definition) is 2. The van der Waals surface area contributed by atoms with Gasteiger partial charge in [0.15, 0.2) is 0 Å². The first kappa shape index (κ1) is 27.9. The molecule has 0 saturated heterocycles. The van der Waals surface area contributed by atoms with Gasteiger partial charge in [0.25, 0.3) is 0 Å². The number of pyridine rings is 1. The van der Waals surface area contributed by atoms with Gasteiger partial charge in [-0.1, -0.05) is 68.5 Å². The normalized spacial score (nSPS) is 19.2. The van der Waals surface area contributed by atoms with Crippen molar-refractivity contribution >= 4 is 22.7 Å². The van der Waals surface area contributed by atoms with Gasteiger partial charge in [0.05, 0.1) is 17.7 Å². The van der Waals surface area contributed by atoms with E-state index in [0.29, 0.717) is 11.6 Å². The number of hydrogen-bond acceptors (Lipinski definition) is 5. The second-order valence-electron chi connectivity index (χ2n) is 10.2. The van der Waals surface area contributed by atoms with E-state index in [9.17, 15) is 10.4 Å². The molecule has 2 aromatic carbocycles. The maximum Gasteiger partial charge on any atom is 0.141 e. The highest BCUT2D eigenvalue weighted by Gasteiger charge is 2.36. The highest BCUT2D eigenvalue weighted by Crippen LogP contribution is 2.40. The Morgan fingerprint density at radius 2 is 1.95 bits per heavy atom. The van der Waals surface area contributed by atoms with Gasteiger partial charge in [-0.2, -0.15) is 5.26 Å². The van der Waals surface area contributed by atoms with E-state index in [4.69, 9.17) is 0 Å². The van der Waals surface area contributed by atoms with E-state index in [1.807, 2.05) is 49.8 Å². The van der Waals surface area contributed by atoms with Crippen LogP contribution in [0.25, 0.3) is 16.5 Å². The minimum atomic E-state index is -0.625. The summed E-state index contributed by atoms with van der Waals surface area (Å²) in [5, 5.41) is 23.6. The Kier molecular flexibility index (Phi) is 8.71. The molecule has 5 nitrogen and oxygen atoms in total. The van der Waals surface area contributed by atoms with Crippen LogP contribution in [0.5, 0.6) is 0 Å². The zero-order chi connectivity index (χ0) is 28.0. The molecule has 4 rings (SSSR count). The second-order valence-corrected chi connectivity index (χ2v) is 10.2. The van der Waals surface area contributed by atoms with Crippen molar-refractivity contribution in [3.63, 3.8) is 0 Å². The predicted molar refractivity (Wildman–Crippen MR) is 162 cm³/mol. The van der Waals surface area contributed by atoms with Crippen LogP contribution in [0.4, 0.5) is 0 Å². The van der Waals surface area contributed by atoms with Crippen molar-refractivity contribution < 1.29 is 5.11 Å². The number of aliphatic hydroxyl groups is 1. The van der Waals surface area contributed by atoms with Gasteiger partial charge in [0, 0.05) is 17.8 Å². The predicted octanol–water partition coefficient (Wildman–Crippen LogP) is 6.55. The fraction of sp³-hybridized carbons (Fsp3) is 0.265. The summed E-state index contributed by atoms with van der Waals surface area (Å²) in [4.78, 5) is 9.29. The molecule has 4 bridgehead atoms. The van der Waals surface area contributed by atoms with Crippen LogP contribution in [-0.2, 0) is 12.0 Å². The first-order valence-electron chi connectivity index (χ1n) is 13.3. The number of allylic oxidation sites excluding steroid dienone is 5. The fourth-order valence-electron chi connectivity index (χ4n) is 5.20. The monoisotopic (exact) mass is 516 g/mol. The Hall–Kier alpha value is -4.11. The Balaban J connectivity index is 2.10. The largest absolute Gasteiger partial charge is 0.392 e.